The average molecular weight is 265 g/mol. The van der Waals surface area contributed by atoms with Crippen molar-refractivity contribution in [3.8, 4) is 0 Å². The summed E-state index contributed by atoms with van der Waals surface area (Å²) in [4.78, 5) is 33.8. The van der Waals surface area contributed by atoms with E-state index < -0.39 is 6.04 Å². The fourth-order valence-corrected chi connectivity index (χ4v) is 1.86. The number of carbonyl (C=O) groups is 2. The molecule has 1 fully saturated rings. The fourth-order valence-electron chi connectivity index (χ4n) is 1.86. The largest absolute Gasteiger partial charge is 0.294 e. The summed E-state index contributed by atoms with van der Waals surface area (Å²) in [6.45, 7) is 0. The maximum absolute atomic E-state index is 12.1. The number of carbonyl (C=O) groups excluding carboxylic acids is 2. The molecule has 1 aromatic carbocycles. The molecule has 1 N–H and O–H groups in total. The molecule has 1 amide bonds. The van der Waals surface area contributed by atoms with Crippen LogP contribution in [-0.2, 0) is 14.5 Å². The van der Waals surface area contributed by atoms with Gasteiger partial charge in [-0.05, 0) is 0 Å². The highest BCUT2D eigenvalue weighted by Crippen LogP contribution is 2.17. The van der Waals surface area contributed by atoms with Crippen LogP contribution in [-0.4, -0.2) is 42.4 Å². The van der Waals surface area contributed by atoms with Crippen molar-refractivity contribution in [1.82, 2.24) is 15.9 Å². The third-order valence-electron chi connectivity index (χ3n) is 2.79. The second kappa shape index (κ2) is 5.89. The number of hydrogen-bond acceptors (Lipinski definition) is 6. The molecular weight excluding hydrogens is 250 g/mol. The van der Waals surface area contributed by atoms with Crippen LogP contribution in [0.25, 0.3) is 0 Å². The number of hydrazine groups is 2. The first-order valence-electron chi connectivity index (χ1n) is 5.73. The number of rotatable bonds is 5. The Balaban J connectivity index is 2.09. The van der Waals surface area contributed by atoms with Gasteiger partial charge in [-0.15, -0.1) is 0 Å². The first kappa shape index (κ1) is 13.6. The van der Waals surface area contributed by atoms with Crippen LogP contribution < -0.4 is 5.43 Å². The summed E-state index contributed by atoms with van der Waals surface area (Å²) in [5.41, 5.74) is 2.99. The lowest BCUT2D eigenvalue weighted by atomic mass is 10.0. The molecule has 2 rings (SSSR count). The van der Waals surface area contributed by atoms with E-state index >= 15 is 0 Å². The molecule has 1 atom stereocenters. The van der Waals surface area contributed by atoms with Gasteiger partial charge in [0.05, 0.1) is 14.2 Å². The summed E-state index contributed by atoms with van der Waals surface area (Å²) in [6, 6.07) is 8.04. The summed E-state index contributed by atoms with van der Waals surface area (Å²) in [5.74, 6) is -0.492. The maximum atomic E-state index is 12.1. The van der Waals surface area contributed by atoms with Crippen molar-refractivity contribution in [2.45, 2.75) is 12.5 Å². The molecule has 0 saturated carbocycles. The average Bonchev–Trinajstić information content (AvgIpc) is 2.75. The Morgan fingerprint density at radius 3 is 2.53 bits per heavy atom. The Labute approximate surface area is 110 Å². The van der Waals surface area contributed by atoms with Gasteiger partial charge in [0.1, 0.15) is 6.04 Å². The van der Waals surface area contributed by atoms with Gasteiger partial charge in [-0.2, -0.15) is 0 Å². The quantitative estimate of drug-likeness (QED) is 0.773. The Kier molecular flexibility index (Phi) is 4.23. The zero-order valence-corrected chi connectivity index (χ0v) is 10.7. The first-order valence-corrected chi connectivity index (χ1v) is 5.73. The van der Waals surface area contributed by atoms with Crippen LogP contribution in [0.5, 0.6) is 0 Å². The number of benzene rings is 1. The van der Waals surface area contributed by atoms with E-state index in [-0.39, 0.29) is 18.1 Å². The third-order valence-corrected chi connectivity index (χ3v) is 2.79. The smallest absolute Gasteiger partial charge is 0.259 e. The van der Waals surface area contributed by atoms with E-state index in [0.29, 0.717) is 5.56 Å². The third kappa shape index (κ3) is 2.79. The van der Waals surface area contributed by atoms with E-state index in [1.54, 1.807) is 24.3 Å². The lowest BCUT2D eigenvalue weighted by molar-refractivity contribution is -0.395. The minimum atomic E-state index is -0.752. The summed E-state index contributed by atoms with van der Waals surface area (Å²) >= 11 is 0. The van der Waals surface area contributed by atoms with Crippen LogP contribution >= 0.6 is 0 Å². The zero-order valence-electron chi connectivity index (χ0n) is 10.7. The van der Waals surface area contributed by atoms with Gasteiger partial charge in [-0.3, -0.25) is 19.3 Å². The normalized spacial score (nSPS) is 20.5. The molecule has 19 heavy (non-hydrogen) atoms. The van der Waals surface area contributed by atoms with E-state index in [1.807, 2.05) is 6.07 Å². The summed E-state index contributed by atoms with van der Waals surface area (Å²) in [5, 5.41) is 2.23. The molecule has 1 heterocycles. The number of amides is 1. The van der Waals surface area contributed by atoms with E-state index in [2.05, 4.69) is 5.43 Å². The molecule has 0 aromatic heterocycles. The first-order chi connectivity index (χ1) is 9.17. The molecule has 0 aliphatic carbocycles. The molecule has 7 nitrogen and oxygen atoms in total. The SMILES string of the molecule is CON1NC(=O)C(CC(=O)c2ccccc2)N1OC. The molecule has 1 unspecified atom stereocenters. The Bertz CT molecular complexity index is 465. The van der Waals surface area contributed by atoms with Crippen LogP contribution in [0.15, 0.2) is 30.3 Å². The van der Waals surface area contributed by atoms with Gasteiger partial charge in [0.2, 0.25) is 0 Å². The van der Waals surface area contributed by atoms with E-state index in [4.69, 9.17) is 9.68 Å². The van der Waals surface area contributed by atoms with Crippen LogP contribution in [0.1, 0.15) is 16.8 Å². The van der Waals surface area contributed by atoms with Crippen LogP contribution in [0.4, 0.5) is 0 Å². The molecule has 1 aromatic rings. The molecule has 1 saturated heterocycles. The highest BCUT2D eigenvalue weighted by atomic mass is 16.9. The van der Waals surface area contributed by atoms with Gasteiger partial charge in [-0.25, -0.2) is 5.43 Å². The van der Waals surface area contributed by atoms with Gasteiger partial charge in [0.15, 0.2) is 5.78 Å². The van der Waals surface area contributed by atoms with Gasteiger partial charge in [0, 0.05) is 17.3 Å². The second-order valence-electron chi connectivity index (χ2n) is 3.93. The highest BCUT2D eigenvalue weighted by Gasteiger charge is 2.41. The number of nitrogens with zero attached hydrogens (tertiary/aromatic N) is 2. The molecule has 0 bridgehead atoms. The summed E-state index contributed by atoms with van der Waals surface area (Å²) in [7, 11) is 2.78. The van der Waals surface area contributed by atoms with Gasteiger partial charge in [0.25, 0.3) is 5.91 Å². The van der Waals surface area contributed by atoms with Crippen molar-refractivity contribution >= 4 is 11.7 Å². The minimum absolute atomic E-state index is 0.00352. The minimum Gasteiger partial charge on any atom is -0.294 e. The predicted octanol–water partition coefficient (Wildman–Crippen LogP) is 0.315. The fraction of sp³-hybridized carbons (Fsp3) is 0.333. The number of ketones is 1. The lowest BCUT2D eigenvalue weighted by Crippen LogP contribution is -2.43. The van der Waals surface area contributed by atoms with Crippen molar-refractivity contribution < 1.29 is 19.3 Å². The van der Waals surface area contributed by atoms with Crippen molar-refractivity contribution in [1.29, 1.82) is 0 Å². The molecule has 0 radical (unpaired) electrons. The number of Topliss-reactive ketones (excluding diaryl/α,β-unsaturated/α-hetero) is 1. The van der Waals surface area contributed by atoms with Crippen molar-refractivity contribution in [3.63, 3.8) is 0 Å². The summed E-state index contributed by atoms with van der Waals surface area (Å²) in [6.07, 6.45) is 0.00352. The Hall–Kier alpha value is -1.80. The summed E-state index contributed by atoms with van der Waals surface area (Å²) < 4.78 is 0. The molecule has 0 spiro atoms. The van der Waals surface area contributed by atoms with Gasteiger partial charge < -0.3 is 0 Å². The van der Waals surface area contributed by atoms with Gasteiger partial charge >= 0.3 is 0 Å². The Morgan fingerprint density at radius 2 is 1.95 bits per heavy atom. The predicted molar refractivity (Wildman–Crippen MR) is 65.0 cm³/mol. The second-order valence-corrected chi connectivity index (χ2v) is 3.93. The molecule has 1 aliphatic rings. The topological polar surface area (TPSA) is 71.1 Å². The lowest BCUT2D eigenvalue weighted by Gasteiger charge is -2.23. The molecule has 7 heteroatoms. The van der Waals surface area contributed by atoms with E-state index in [9.17, 15) is 9.59 Å². The van der Waals surface area contributed by atoms with Gasteiger partial charge in [-0.1, -0.05) is 35.5 Å². The number of hydrogen-bond donors (Lipinski definition) is 1. The zero-order chi connectivity index (χ0) is 13.8. The maximum Gasteiger partial charge on any atom is 0.259 e. The monoisotopic (exact) mass is 265 g/mol. The van der Waals surface area contributed by atoms with Crippen LogP contribution in [0, 0.1) is 0 Å². The number of hydroxylamine groups is 1. The molecule has 1 aliphatic heterocycles. The van der Waals surface area contributed by atoms with Crippen molar-refractivity contribution in [2.24, 2.45) is 0 Å². The van der Waals surface area contributed by atoms with E-state index in [1.165, 1.54) is 19.4 Å². The van der Waals surface area contributed by atoms with Crippen LogP contribution in [0.2, 0.25) is 0 Å². The van der Waals surface area contributed by atoms with Crippen LogP contribution in [0.3, 0.4) is 0 Å². The van der Waals surface area contributed by atoms with Crippen molar-refractivity contribution in [3.05, 3.63) is 35.9 Å². The van der Waals surface area contributed by atoms with E-state index in [0.717, 1.165) is 5.28 Å². The number of nitrogens with one attached hydrogen (secondary N) is 1. The molecule has 102 valence electrons. The Morgan fingerprint density at radius 1 is 1.26 bits per heavy atom. The van der Waals surface area contributed by atoms with Crippen molar-refractivity contribution in [2.75, 3.05) is 14.2 Å². The highest BCUT2D eigenvalue weighted by molar-refractivity contribution is 5.99. The molecular formula is C12H15N3O4. The standard InChI is InChI=1S/C12H15N3O4/c1-18-14-10(12(17)13-15(14)19-2)8-11(16)9-6-4-3-5-7-9/h3-7,10H,8H2,1-2H3,(H,13,17).